The molecule has 0 atom stereocenters. The minimum absolute atomic E-state index is 0.118. The molecule has 0 aliphatic heterocycles. The van der Waals surface area contributed by atoms with Crippen molar-refractivity contribution < 1.29 is 9.53 Å². The maximum absolute atomic E-state index is 13.0. The van der Waals surface area contributed by atoms with Crippen LogP contribution in [0, 0.1) is 0 Å². The molecule has 4 N–H and O–H groups in total. The predicted octanol–water partition coefficient (Wildman–Crippen LogP) is 2.15. The van der Waals surface area contributed by atoms with Gasteiger partial charge in [-0.05, 0) is 35.2 Å². The number of carbonyl (C=O) groups excluding carboxylic acids is 1. The van der Waals surface area contributed by atoms with Crippen LogP contribution in [0.2, 0.25) is 0 Å². The molecule has 3 aromatic rings. The minimum Gasteiger partial charge on any atom is -0.480 e. The number of methoxy groups -OCH3 is 1. The van der Waals surface area contributed by atoms with Crippen molar-refractivity contribution in [2.45, 2.75) is 29.0 Å². The second-order valence-corrected chi connectivity index (χ2v) is 8.17. The number of nitrogens with two attached hydrogens (primary N) is 1. The molecule has 0 saturated heterocycles. The van der Waals surface area contributed by atoms with Crippen LogP contribution in [0.5, 0.6) is 5.88 Å². The molecule has 1 amide bonds. The highest BCUT2D eigenvalue weighted by Gasteiger charge is 2.46. The number of hydrogen-bond donors (Lipinski definition) is 3. The molecule has 4 rings (SSSR count). The van der Waals surface area contributed by atoms with Crippen LogP contribution in [-0.2, 0) is 4.79 Å². The van der Waals surface area contributed by atoms with Crippen LogP contribution < -0.4 is 15.8 Å². The number of rotatable bonds is 5. The molecule has 12 heteroatoms. The second-order valence-electron chi connectivity index (χ2n) is 5.94. The van der Waals surface area contributed by atoms with Crippen molar-refractivity contribution in [3.63, 3.8) is 0 Å². The largest absolute Gasteiger partial charge is 0.480 e. The van der Waals surface area contributed by atoms with Gasteiger partial charge in [-0.15, -0.1) is 0 Å². The molecule has 1 saturated carbocycles. The molecule has 140 valence electrons. The number of imidazole rings is 1. The number of thioether (sulfide) groups is 1. The van der Waals surface area contributed by atoms with E-state index in [1.54, 1.807) is 0 Å². The molecule has 0 spiro atoms. The number of ether oxygens (including phenoxy) is 1. The van der Waals surface area contributed by atoms with E-state index in [9.17, 15) is 4.79 Å². The van der Waals surface area contributed by atoms with Crippen molar-refractivity contribution in [1.29, 1.82) is 0 Å². The van der Waals surface area contributed by atoms with E-state index in [2.05, 4.69) is 51.2 Å². The Balaban J connectivity index is 1.60. The quantitative estimate of drug-likeness (QED) is 0.497. The van der Waals surface area contributed by atoms with Crippen LogP contribution in [0.4, 0.5) is 11.9 Å². The molecule has 27 heavy (non-hydrogen) atoms. The summed E-state index contributed by atoms with van der Waals surface area (Å²) in [6.07, 6.45) is 5.41. The molecule has 3 aromatic heterocycles. The van der Waals surface area contributed by atoms with E-state index in [1.165, 1.54) is 31.4 Å². The monoisotopic (exact) mass is 450 g/mol. The lowest BCUT2D eigenvalue weighted by Crippen LogP contribution is -2.46. The summed E-state index contributed by atoms with van der Waals surface area (Å²) in [6, 6.07) is 0. The fourth-order valence-electron chi connectivity index (χ4n) is 2.73. The van der Waals surface area contributed by atoms with E-state index in [4.69, 9.17) is 10.5 Å². The number of nitrogen functional groups attached to an aromatic ring is 1. The zero-order chi connectivity index (χ0) is 19.0. The number of H-pyrrole nitrogens is 1. The first-order chi connectivity index (χ1) is 13.0. The van der Waals surface area contributed by atoms with Crippen LogP contribution >= 0.6 is 27.7 Å². The van der Waals surface area contributed by atoms with Crippen molar-refractivity contribution in [2.75, 3.05) is 18.2 Å². The molecule has 3 heterocycles. The van der Waals surface area contributed by atoms with Crippen molar-refractivity contribution in [3.05, 3.63) is 17.0 Å². The number of hydrogen-bond acceptors (Lipinski definition) is 9. The number of anilines is 2. The Morgan fingerprint density at radius 2 is 2.19 bits per heavy atom. The maximum Gasteiger partial charge on any atom is 0.243 e. The van der Waals surface area contributed by atoms with E-state index in [-0.39, 0.29) is 17.8 Å². The van der Waals surface area contributed by atoms with Crippen molar-refractivity contribution in [2.24, 2.45) is 0 Å². The summed E-state index contributed by atoms with van der Waals surface area (Å²) in [6.45, 7) is 0. The van der Waals surface area contributed by atoms with Crippen molar-refractivity contribution in [3.8, 4) is 5.88 Å². The summed E-state index contributed by atoms with van der Waals surface area (Å²) in [5, 5.41) is 3.38. The van der Waals surface area contributed by atoms with Crippen LogP contribution in [0.3, 0.4) is 0 Å². The fraction of sp³-hybridized carbons (Fsp3) is 0.333. The third-order valence-corrected chi connectivity index (χ3v) is 6.28. The van der Waals surface area contributed by atoms with Gasteiger partial charge < -0.3 is 15.5 Å². The molecule has 0 radical (unpaired) electrons. The Labute approximate surface area is 166 Å². The average Bonchev–Trinajstić information content (AvgIpc) is 3.07. The Hall–Kier alpha value is -2.47. The average molecular weight is 451 g/mol. The lowest BCUT2D eigenvalue weighted by Gasteiger charge is -2.38. The lowest BCUT2D eigenvalue weighted by molar-refractivity contribution is -0.120. The molecule has 1 aliphatic carbocycles. The van der Waals surface area contributed by atoms with Gasteiger partial charge in [-0.1, -0.05) is 11.8 Å². The zero-order valence-electron chi connectivity index (χ0n) is 14.2. The number of halogens is 1. The lowest BCUT2D eigenvalue weighted by atomic mass is 9.83. The highest BCUT2D eigenvalue weighted by atomic mass is 79.9. The first-order valence-corrected chi connectivity index (χ1v) is 9.65. The van der Waals surface area contributed by atoms with Gasteiger partial charge in [-0.25, -0.2) is 15.0 Å². The Morgan fingerprint density at radius 1 is 1.37 bits per heavy atom. The van der Waals surface area contributed by atoms with Gasteiger partial charge in [0.15, 0.2) is 5.65 Å². The van der Waals surface area contributed by atoms with Crippen LogP contribution in [-0.4, -0.2) is 47.7 Å². The van der Waals surface area contributed by atoms with Crippen molar-refractivity contribution in [1.82, 2.24) is 29.9 Å². The number of aromatic amines is 1. The van der Waals surface area contributed by atoms with Gasteiger partial charge in [-0.2, -0.15) is 9.97 Å². The third-order valence-electron chi connectivity index (χ3n) is 4.27. The molecule has 0 aromatic carbocycles. The van der Waals surface area contributed by atoms with Gasteiger partial charge in [0.2, 0.25) is 23.7 Å². The molecule has 0 bridgehead atoms. The third kappa shape index (κ3) is 3.30. The van der Waals surface area contributed by atoms with E-state index in [0.717, 1.165) is 6.42 Å². The summed E-state index contributed by atoms with van der Waals surface area (Å²) in [5.74, 6) is 0.458. The number of carbonyl (C=O) groups is 1. The van der Waals surface area contributed by atoms with Crippen LogP contribution in [0.25, 0.3) is 11.2 Å². The Kier molecular flexibility index (Phi) is 4.60. The smallest absolute Gasteiger partial charge is 0.243 e. The first kappa shape index (κ1) is 17.9. The summed E-state index contributed by atoms with van der Waals surface area (Å²) >= 11 is 4.65. The predicted molar refractivity (Wildman–Crippen MR) is 103 cm³/mol. The molecular formula is C15H15BrN8O2S. The van der Waals surface area contributed by atoms with Crippen LogP contribution in [0.1, 0.15) is 19.3 Å². The van der Waals surface area contributed by atoms with Gasteiger partial charge in [0.1, 0.15) is 15.3 Å². The normalized spacial score (nSPS) is 15.3. The summed E-state index contributed by atoms with van der Waals surface area (Å²) < 4.78 is 5.07. The van der Waals surface area contributed by atoms with E-state index in [0.29, 0.717) is 39.4 Å². The fourth-order valence-corrected chi connectivity index (χ4v) is 4.48. The van der Waals surface area contributed by atoms with Gasteiger partial charge in [0.05, 0.1) is 24.1 Å². The second kappa shape index (κ2) is 6.93. The highest BCUT2D eigenvalue weighted by molar-refractivity contribution is 9.10. The SMILES string of the molecule is COc1nc(NC(=O)C2(Sc3nc(N)nc4nc[nH]c34)CCC2)ncc1Br. The topological polar surface area (TPSA) is 145 Å². The molecule has 10 nitrogen and oxygen atoms in total. The molecule has 1 fully saturated rings. The molecule has 0 unspecified atom stereocenters. The van der Waals surface area contributed by atoms with Gasteiger partial charge in [0, 0.05) is 0 Å². The van der Waals surface area contributed by atoms with Crippen LogP contribution in [0.15, 0.2) is 22.0 Å². The summed E-state index contributed by atoms with van der Waals surface area (Å²) in [4.78, 5) is 36.8. The standard InChI is InChI=1S/C15H15BrN8O2S/c1-26-10-7(16)5-18-14(22-10)24-12(25)15(3-2-4-15)27-11-8-9(20-6-19-8)21-13(17)23-11/h5-6H,2-4H2,1H3,(H,18,22,24,25)(H3,17,19,20,21,23). The minimum atomic E-state index is -0.678. The Bertz CT molecular complexity index is 1020. The molecular weight excluding hydrogens is 436 g/mol. The first-order valence-electron chi connectivity index (χ1n) is 8.04. The zero-order valence-corrected chi connectivity index (χ0v) is 16.6. The maximum atomic E-state index is 13.0. The molecule has 1 aliphatic rings. The van der Waals surface area contributed by atoms with Gasteiger partial charge >= 0.3 is 0 Å². The van der Waals surface area contributed by atoms with E-state index in [1.807, 2.05) is 0 Å². The van der Waals surface area contributed by atoms with Gasteiger partial charge in [0.25, 0.3) is 0 Å². The highest BCUT2D eigenvalue weighted by Crippen LogP contribution is 2.49. The summed E-state index contributed by atoms with van der Waals surface area (Å²) in [5.41, 5.74) is 6.91. The number of nitrogens with one attached hydrogen (secondary N) is 2. The van der Waals surface area contributed by atoms with Crippen molar-refractivity contribution >= 4 is 56.7 Å². The number of amides is 1. The number of fused-ring (bicyclic) bond motifs is 1. The van der Waals surface area contributed by atoms with Gasteiger partial charge in [-0.3, -0.25) is 10.1 Å². The number of nitrogens with zero attached hydrogens (tertiary/aromatic N) is 5. The number of aromatic nitrogens is 6. The van der Waals surface area contributed by atoms with E-state index < -0.39 is 4.75 Å². The Morgan fingerprint density at radius 3 is 2.89 bits per heavy atom. The summed E-state index contributed by atoms with van der Waals surface area (Å²) in [7, 11) is 1.50. The van der Waals surface area contributed by atoms with E-state index >= 15 is 0 Å².